The van der Waals surface area contributed by atoms with Crippen molar-refractivity contribution in [2.24, 2.45) is 0 Å². The number of aromatic nitrogens is 3. The second-order valence-corrected chi connectivity index (χ2v) is 4.14. The molecule has 0 aliphatic carbocycles. The number of nitrogens with two attached hydrogens (primary N) is 1. The van der Waals surface area contributed by atoms with E-state index in [9.17, 15) is 0 Å². The van der Waals surface area contributed by atoms with Crippen LogP contribution in [0, 0.1) is 0 Å². The highest BCUT2D eigenvalue weighted by Crippen LogP contribution is 2.16. The summed E-state index contributed by atoms with van der Waals surface area (Å²) in [7, 11) is 0. The molecular weight excluding hydrogens is 214 g/mol. The highest BCUT2D eigenvalue weighted by atomic mass is 15.3. The van der Waals surface area contributed by atoms with Crippen LogP contribution in [-0.4, -0.2) is 27.7 Å². The number of nitrogens with zero attached hydrogens (tertiary/aromatic N) is 4. The van der Waals surface area contributed by atoms with E-state index in [1.165, 1.54) is 0 Å². The minimum Gasteiger partial charge on any atom is -0.394 e. The Morgan fingerprint density at radius 2 is 2.00 bits per heavy atom. The zero-order valence-corrected chi connectivity index (χ0v) is 10.4. The van der Waals surface area contributed by atoms with Gasteiger partial charge >= 0.3 is 0 Å². The van der Waals surface area contributed by atoms with Crippen LogP contribution in [0.3, 0.4) is 0 Å². The average Bonchev–Trinajstić information content (AvgIpc) is 2.71. The largest absolute Gasteiger partial charge is 0.394 e. The normalized spacial score (nSPS) is 10.9. The Labute approximate surface area is 101 Å². The third-order valence-electron chi connectivity index (χ3n) is 2.69. The first-order valence-corrected chi connectivity index (χ1v) is 6.11. The summed E-state index contributed by atoms with van der Waals surface area (Å²) in [5, 5.41) is 4.12. The van der Waals surface area contributed by atoms with Crippen molar-refractivity contribution in [3.8, 4) is 0 Å². The van der Waals surface area contributed by atoms with E-state index in [1.54, 1.807) is 10.7 Å². The van der Waals surface area contributed by atoms with E-state index < -0.39 is 0 Å². The van der Waals surface area contributed by atoms with Crippen molar-refractivity contribution in [2.45, 2.75) is 26.7 Å². The molecule has 0 radical (unpaired) electrons. The van der Waals surface area contributed by atoms with Crippen LogP contribution in [0.4, 0.5) is 11.5 Å². The van der Waals surface area contributed by atoms with E-state index in [2.05, 4.69) is 28.8 Å². The first-order valence-electron chi connectivity index (χ1n) is 6.11. The topological polar surface area (TPSA) is 59.5 Å². The van der Waals surface area contributed by atoms with Gasteiger partial charge in [-0.05, 0) is 18.9 Å². The molecule has 0 spiro atoms. The van der Waals surface area contributed by atoms with Crippen molar-refractivity contribution in [1.29, 1.82) is 0 Å². The standard InChI is InChI=1S/C12H19N5/c1-3-6-16(7-4-2)11-5-8-17-12(15-11)10(13)9-14-17/h5,8-9H,3-4,6-7,13H2,1-2H3. The Balaban J connectivity index is 2.35. The Morgan fingerprint density at radius 1 is 1.29 bits per heavy atom. The van der Waals surface area contributed by atoms with E-state index in [1.807, 2.05) is 12.3 Å². The number of nitrogen functional groups attached to an aromatic ring is 1. The third-order valence-corrected chi connectivity index (χ3v) is 2.69. The molecule has 0 saturated heterocycles. The number of hydrogen-bond acceptors (Lipinski definition) is 4. The molecule has 2 rings (SSSR count). The van der Waals surface area contributed by atoms with Gasteiger partial charge in [0, 0.05) is 19.3 Å². The maximum atomic E-state index is 5.83. The number of anilines is 2. The molecule has 2 aromatic heterocycles. The minimum absolute atomic E-state index is 0.625. The molecule has 2 aromatic rings. The first kappa shape index (κ1) is 11.7. The molecule has 0 unspecified atom stereocenters. The van der Waals surface area contributed by atoms with Gasteiger partial charge in [-0.2, -0.15) is 5.10 Å². The summed E-state index contributed by atoms with van der Waals surface area (Å²) in [6.07, 6.45) is 5.77. The lowest BCUT2D eigenvalue weighted by molar-refractivity contribution is 0.732. The SMILES string of the molecule is CCCN(CCC)c1ccn2ncc(N)c2n1. The predicted octanol–water partition coefficient (Wildman–Crippen LogP) is 1.94. The molecule has 0 bridgehead atoms. The van der Waals surface area contributed by atoms with Gasteiger partial charge in [0.25, 0.3) is 0 Å². The zero-order chi connectivity index (χ0) is 12.3. The number of hydrogen-bond donors (Lipinski definition) is 1. The Bertz CT molecular complexity index is 485. The average molecular weight is 233 g/mol. The monoisotopic (exact) mass is 233 g/mol. The van der Waals surface area contributed by atoms with Gasteiger partial charge in [0.15, 0.2) is 5.65 Å². The van der Waals surface area contributed by atoms with Crippen LogP contribution < -0.4 is 10.6 Å². The maximum absolute atomic E-state index is 5.83. The molecule has 0 saturated carbocycles. The van der Waals surface area contributed by atoms with E-state index >= 15 is 0 Å². The van der Waals surface area contributed by atoms with Crippen molar-refractivity contribution < 1.29 is 0 Å². The molecular formula is C12H19N5. The smallest absolute Gasteiger partial charge is 0.180 e. The lowest BCUT2D eigenvalue weighted by Gasteiger charge is -2.22. The number of fused-ring (bicyclic) bond motifs is 1. The summed E-state index contributed by atoms with van der Waals surface area (Å²) in [4.78, 5) is 6.86. The summed E-state index contributed by atoms with van der Waals surface area (Å²) in [5.74, 6) is 0.980. The minimum atomic E-state index is 0.625. The lowest BCUT2D eigenvalue weighted by atomic mass is 10.3. The van der Waals surface area contributed by atoms with Gasteiger partial charge in [-0.3, -0.25) is 0 Å². The van der Waals surface area contributed by atoms with Gasteiger partial charge in [-0.15, -0.1) is 0 Å². The zero-order valence-electron chi connectivity index (χ0n) is 10.4. The van der Waals surface area contributed by atoms with Crippen molar-refractivity contribution in [2.75, 3.05) is 23.7 Å². The Kier molecular flexibility index (Phi) is 3.46. The van der Waals surface area contributed by atoms with Crippen LogP contribution in [0.25, 0.3) is 5.65 Å². The quantitative estimate of drug-likeness (QED) is 0.857. The molecule has 0 aromatic carbocycles. The van der Waals surface area contributed by atoms with Crippen LogP contribution in [-0.2, 0) is 0 Å². The Hall–Kier alpha value is -1.78. The second kappa shape index (κ2) is 5.03. The third kappa shape index (κ3) is 2.33. The molecule has 0 aliphatic heterocycles. The van der Waals surface area contributed by atoms with Crippen molar-refractivity contribution in [3.05, 3.63) is 18.5 Å². The molecule has 0 aliphatic rings. The second-order valence-electron chi connectivity index (χ2n) is 4.14. The van der Waals surface area contributed by atoms with Crippen LogP contribution in [0.15, 0.2) is 18.5 Å². The highest BCUT2D eigenvalue weighted by molar-refractivity contribution is 5.65. The highest BCUT2D eigenvalue weighted by Gasteiger charge is 2.08. The van der Waals surface area contributed by atoms with Gasteiger partial charge in [0.05, 0.1) is 11.9 Å². The summed E-state index contributed by atoms with van der Waals surface area (Å²) >= 11 is 0. The fraction of sp³-hybridized carbons (Fsp3) is 0.500. The predicted molar refractivity (Wildman–Crippen MR) is 70.2 cm³/mol. The van der Waals surface area contributed by atoms with E-state index in [4.69, 9.17) is 5.73 Å². The Morgan fingerprint density at radius 3 is 2.65 bits per heavy atom. The van der Waals surface area contributed by atoms with E-state index in [0.717, 1.165) is 37.4 Å². The maximum Gasteiger partial charge on any atom is 0.180 e. The molecule has 92 valence electrons. The molecule has 17 heavy (non-hydrogen) atoms. The molecule has 2 N–H and O–H groups in total. The molecule has 0 atom stereocenters. The summed E-state index contributed by atoms with van der Waals surface area (Å²) in [5.41, 5.74) is 7.19. The van der Waals surface area contributed by atoms with Gasteiger partial charge in [-0.25, -0.2) is 9.50 Å². The molecule has 0 fully saturated rings. The molecule has 2 heterocycles. The van der Waals surface area contributed by atoms with Crippen LogP contribution >= 0.6 is 0 Å². The summed E-state index contributed by atoms with van der Waals surface area (Å²) < 4.78 is 1.70. The fourth-order valence-electron chi connectivity index (χ4n) is 1.93. The fourth-order valence-corrected chi connectivity index (χ4v) is 1.93. The molecule has 5 nitrogen and oxygen atoms in total. The van der Waals surface area contributed by atoms with Crippen LogP contribution in [0.2, 0.25) is 0 Å². The van der Waals surface area contributed by atoms with Crippen molar-refractivity contribution >= 4 is 17.2 Å². The van der Waals surface area contributed by atoms with E-state index in [0.29, 0.717) is 5.69 Å². The molecule has 5 heteroatoms. The summed E-state index contributed by atoms with van der Waals surface area (Å²) in [6, 6.07) is 1.99. The number of rotatable bonds is 5. The van der Waals surface area contributed by atoms with Gasteiger partial charge in [-0.1, -0.05) is 13.8 Å². The first-order chi connectivity index (χ1) is 8.26. The molecule has 0 amide bonds. The van der Waals surface area contributed by atoms with Gasteiger partial charge in [0.2, 0.25) is 0 Å². The van der Waals surface area contributed by atoms with Crippen LogP contribution in [0.5, 0.6) is 0 Å². The van der Waals surface area contributed by atoms with Crippen LogP contribution in [0.1, 0.15) is 26.7 Å². The van der Waals surface area contributed by atoms with E-state index in [-0.39, 0.29) is 0 Å². The summed E-state index contributed by atoms with van der Waals surface area (Å²) in [6.45, 7) is 6.39. The van der Waals surface area contributed by atoms with Crippen molar-refractivity contribution in [1.82, 2.24) is 14.6 Å². The van der Waals surface area contributed by atoms with Crippen molar-refractivity contribution in [3.63, 3.8) is 0 Å². The lowest BCUT2D eigenvalue weighted by Crippen LogP contribution is -2.26. The van der Waals surface area contributed by atoms with Gasteiger partial charge in [0.1, 0.15) is 5.82 Å². The van der Waals surface area contributed by atoms with Gasteiger partial charge < -0.3 is 10.6 Å².